The van der Waals surface area contributed by atoms with Crippen molar-refractivity contribution >= 4 is 45.4 Å². The monoisotopic (exact) mass is 421 g/mol. The Morgan fingerprint density at radius 1 is 1.07 bits per heavy atom. The molecule has 0 radical (unpaired) electrons. The van der Waals surface area contributed by atoms with E-state index in [1.807, 2.05) is 30.3 Å². The lowest BCUT2D eigenvalue weighted by atomic mass is 10.3. The Morgan fingerprint density at radius 2 is 1.77 bits per heavy atom. The molecule has 0 unspecified atom stereocenters. The van der Waals surface area contributed by atoms with E-state index >= 15 is 0 Å². The summed E-state index contributed by atoms with van der Waals surface area (Å²) in [6.07, 6.45) is 1.68. The van der Waals surface area contributed by atoms with Crippen LogP contribution in [0.15, 0.2) is 82.9 Å². The summed E-state index contributed by atoms with van der Waals surface area (Å²) in [4.78, 5) is 28.1. The summed E-state index contributed by atoms with van der Waals surface area (Å²) in [5, 5.41) is 16.0. The molecule has 2 aromatic carbocycles. The summed E-state index contributed by atoms with van der Waals surface area (Å²) in [6, 6.07) is 16.2. The highest BCUT2D eigenvalue weighted by atomic mass is 32.1. The number of benzene rings is 2. The Hall–Kier alpha value is -3.85. The molecule has 152 valence electrons. The average molecular weight is 421 g/mol. The molecule has 0 bridgehead atoms. The van der Waals surface area contributed by atoms with Gasteiger partial charge in [0, 0.05) is 17.6 Å². The second kappa shape index (κ2) is 10.6. The maximum absolute atomic E-state index is 12.0. The zero-order chi connectivity index (χ0) is 21.2. The number of esters is 1. The van der Waals surface area contributed by atoms with Gasteiger partial charge in [0.15, 0.2) is 17.4 Å². The van der Waals surface area contributed by atoms with Crippen molar-refractivity contribution in [3.8, 4) is 0 Å². The highest BCUT2D eigenvalue weighted by Crippen LogP contribution is 2.20. The minimum atomic E-state index is -0.662. The number of amides is 1. The fourth-order valence-corrected chi connectivity index (χ4v) is 2.92. The first-order valence-corrected chi connectivity index (χ1v) is 9.86. The van der Waals surface area contributed by atoms with Crippen LogP contribution in [0.25, 0.3) is 0 Å². The maximum atomic E-state index is 12.0. The van der Waals surface area contributed by atoms with Gasteiger partial charge in [-0.3, -0.25) is 4.79 Å². The third kappa shape index (κ3) is 6.35. The van der Waals surface area contributed by atoms with E-state index in [9.17, 15) is 9.59 Å². The van der Waals surface area contributed by atoms with E-state index in [4.69, 9.17) is 4.74 Å². The summed E-state index contributed by atoms with van der Waals surface area (Å²) < 4.78 is 5.00. The molecule has 0 spiro atoms. The molecule has 3 aromatic rings. The van der Waals surface area contributed by atoms with E-state index in [-0.39, 0.29) is 5.69 Å². The van der Waals surface area contributed by atoms with Crippen molar-refractivity contribution in [1.82, 2.24) is 4.98 Å². The van der Waals surface area contributed by atoms with Crippen LogP contribution < -0.4 is 10.6 Å². The fourth-order valence-electron chi connectivity index (χ4n) is 2.23. The number of thiazole rings is 1. The van der Waals surface area contributed by atoms with Crippen LogP contribution >= 0.6 is 11.3 Å². The first-order chi connectivity index (χ1) is 14.6. The first kappa shape index (κ1) is 20.9. The zero-order valence-corrected chi connectivity index (χ0v) is 16.8. The van der Waals surface area contributed by atoms with Crippen molar-refractivity contribution in [2.45, 2.75) is 0 Å². The molecule has 1 amide bonds. The zero-order valence-electron chi connectivity index (χ0n) is 15.9. The van der Waals surface area contributed by atoms with Crippen LogP contribution in [0.5, 0.6) is 0 Å². The number of hydrogen-bond acceptors (Lipinski definition) is 8. The predicted octanol–water partition coefficient (Wildman–Crippen LogP) is 4.95. The Morgan fingerprint density at radius 3 is 2.47 bits per heavy atom. The van der Waals surface area contributed by atoms with Crippen molar-refractivity contribution < 1.29 is 14.3 Å². The molecular formula is C21H19N5O3S. The topological polar surface area (TPSA) is 105 Å². The Labute approximate surface area is 177 Å². The fraction of sp³-hybridized carbons (Fsp3) is 0.0952. The molecule has 1 heterocycles. The third-order valence-corrected chi connectivity index (χ3v) is 4.43. The van der Waals surface area contributed by atoms with E-state index in [0.29, 0.717) is 23.1 Å². The lowest BCUT2D eigenvalue weighted by Gasteiger charge is -2.06. The van der Waals surface area contributed by atoms with E-state index in [2.05, 4.69) is 32.4 Å². The van der Waals surface area contributed by atoms with Crippen molar-refractivity contribution in [3.63, 3.8) is 0 Å². The van der Waals surface area contributed by atoms with E-state index in [1.165, 1.54) is 11.3 Å². The van der Waals surface area contributed by atoms with Crippen LogP contribution in [0.1, 0.15) is 10.5 Å². The molecule has 0 aliphatic rings. The molecule has 2 N–H and O–H groups in total. The summed E-state index contributed by atoms with van der Waals surface area (Å²) in [5.41, 5.74) is 2.10. The molecule has 9 heteroatoms. The van der Waals surface area contributed by atoms with Crippen molar-refractivity contribution in [1.29, 1.82) is 0 Å². The number of nitrogens with zero attached hydrogens (tertiary/aromatic N) is 3. The number of ether oxygens (including phenoxy) is 1. The normalized spacial score (nSPS) is 10.5. The van der Waals surface area contributed by atoms with E-state index in [1.54, 1.807) is 35.7 Å². The number of carbonyl (C=O) groups is 2. The van der Waals surface area contributed by atoms with Gasteiger partial charge in [0.1, 0.15) is 0 Å². The van der Waals surface area contributed by atoms with Crippen molar-refractivity contribution in [2.24, 2.45) is 10.2 Å². The van der Waals surface area contributed by atoms with Gasteiger partial charge < -0.3 is 15.4 Å². The van der Waals surface area contributed by atoms with Crippen LogP contribution in [0.2, 0.25) is 0 Å². The highest BCUT2D eigenvalue weighted by molar-refractivity contribution is 7.13. The molecule has 0 aliphatic heterocycles. The Bertz CT molecular complexity index is 1030. The van der Waals surface area contributed by atoms with Gasteiger partial charge in [-0.1, -0.05) is 24.3 Å². The highest BCUT2D eigenvalue weighted by Gasteiger charge is 2.14. The van der Waals surface area contributed by atoms with E-state index < -0.39 is 18.5 Å². The Balaban J connectivity index is 1.46. The molecule has 0 saturated carbocycles. The smallest absolute Gasteiger partial charge is 0.358 e. The minimum Gasteiger partial charge on any atom is -0.451 e. The second-order valence-electron chi connectivity index (χ2n) is 5.91. The predicted molar refractivity (Wildman–Crippen MR) is 117 cm³/mol. The number of rotatable bonds is 9. The molecule has 8 nitrogen and oxygen atoms in total. The Kier molecular flexibility index (Phi) is 7.39. The summed E-state index contributed by atoms with van der Waals surface area (Å²) in [6.45, 7) is 3.72. The van der Waals surface area contributed by atoms with Crippen LogP contribution in [0.3, 0.4) is 0 Å². The molecule has 0 fully saturated rings. The van der Waals surface area contributed by atoms with Gasteiger partial charge in [-0.2, -0.15) is 10.2 Å². The number of nitrogens with one attached hydrogen (secondary N) is 2. The van der Waals surface area contributed by atoms with Gasteiger partial charge in [-0.15, -0.1) is 17.9 Å². The van der Waals surface area contributed by atoms with Crippen molar-refractivity contribution in [2.75, 3.05) is 23.8 Å². The van der Waals surface area contributed by atoms with Crippen LogP contribution in [0.4, 0.5) is 22.2 Å². The summed E-state index contributed by atoms with van der Waals surface area (Å²) in [5.74, 6) is -1.12. The number of anilines is 2. The first-order valence-electron chi connectivity index (χ1n) is 8.98. The summed E-state index contributed by atoms with van der Waals surface area (Å²) in [7, 11) is 0. The molecular weight excluding hydrogens is 402 g/mol. The van der Waals surface area contributed by atoms with E-state index in [0.717, 1.165) is 5.69 Å². The minimum absolute atomic E-state index is 0.146. The molecule has 1 aromatic heterocycles. The molecule has 3 rings (SSSR count). The van der Waals surface area contributed by atoms with Crippen LogP contribution in [-0.4, -0.2) is 30.0 Å². The average Bonchev–Trinajstić information content (AvgIpc) is 3.25. The van der Waals surface area contributed by atoms with Crippen LogP contribution in [0, 0.1) is 0 Å². The summed E-state index contributed by atoms with van der Waals surface area (Å²) >= 11 is 1.27. The third-order valence-electron chi connectivity index (χ3n) is 3.63. The van der Waals surface area contributed by atoms with Gasteiger partial charge in [0.05, 0.1) is 11.4 Å². The number of aromatic nitrogens is 1. The molecule has 0 aliphatic carbocycles. The standard InChI is InChI=1S/C21H19N5O3S/c1-2-12-22-21-24-18(14-30-21)20(28)29-13-19(27)23-15-8-10-17(11-9-15)26-25-16-6-4-3-5-7-16/h2-11,14H,1,12-13H2,(H,22,24)(H,23,27). The van der Waals surface area contributed by atoms with Crippen molar-refractivity contribution in [3.05, 3.63) is 78.3 Å². The van der Waals surface area contributed by atoms with Gasteiger partial charge in [-0.05, 0) is 36.4 Å². The molecule has 30 heavy (non-hydrogen) atoms. The number of hydrogen-bond donors (Lipinski definition) is 2. The quantitative estimate of drug-likeness (QED) is 0.289. The van der Waals surface area contributed by atoms with Gasteiger partial charge in [0.25, 0.3) is 5.91 Å². The number of azo groups is 1. The maximum Gasteiger partial charge on any atom is 0.358 e. The SMILES string of the molecule is C=CCNc1nc(C(=O)OCC(=O)Nc2ccc(N=Nc3ccccc3)cc2)cs1. The molecule has 0 atom stereocenters. The lowest BCUT2D eigenvalue weighted by molar-refractivity contribution is -0.119. The van der Waals surface area contributed by atoms with Gasteiger partial charge in [-0.25, -0.2) is 9.78 Å². The molecule has 0 saturated heterocycles. The lowest BCUT2D eigenvalue weighted by Crippen LogP contribution is -2.21. The van der Waals surface area contributed by atoms with Crippen LogP contribution in [-0.2, 0) is 9.53 Å². The largest absolute Gasteiger partial charge is 0.451 e. The number of carbonyl (C=O) groups excluding carboxylic acids is 2. The van der Waals surface area contributed by atoms with Gasteiger partial charge in [0.2, 0.25) is 0 Å². The second-order valence-corrected chi connectivity index (χ2v) is 6.77. The van der Waals surface area contributed by atoms with Gasteiger partial charge >= 0.3 is 5.97 Å².